The maximum atomic E-state index is 12.2. The number of nitrogens with one attached hydrogen (secondary N) is 2. The highest BCUT2D eigenvalue weighted by atomic mass is 32.2. The van der Waals surface area contributed by atoms with Crippen LogP contribution in [0.1, 0.15) is 52.5 Å². The van der Waals surface area contributed by atoms with Gasteiger partial charge in [0.2, 0.25) is 15.9 Å². The fraction of sp³-hybridized carbons (Fsp3) is 0.588. The van der Waals surface area contributed by atoms with Crippen molar-refractivity contribution in [3.8, 4) is 0 Å². The monoisotopic (exact) mass is 340 g/mol. The third-order valence-corrected chi connectivity index (χ3v) is 4.94. The molecule has 5 nitrogen and oxygen atoms in total. The molecule has 23 heavy (non-hydrogen) atoms. The number of hydrogen-bond donors (Lipinski definition) is 2. The van der Waals surface area contributed by atoms with Gasteiger partial charge in [0, 0.05) is 18.5 Å². The first-order valence-corrected chi connectivity index (χ1v) is 9.52. The molecule has 0 heterocycles. The van der Waals surface area contributed by atoms with Gasteiger partial charge in [0.25, 0.3) is 0 Å². The predicted molar refractivity (Wildman–Crippen MR) is 92.8 cm³/mol. The highest BCUT2D eigenvalue weighted by Crippen LogP contribution is 2.14. The smallest absolute Gasteiger partial charge is 0.241 e. The van der Waals surface area contributed by atoms with E-state index in [0.29, 0.717) is 19.4 Å². The van der Waals surface area contributed by atoms with Crippen molar-refractivity contribution in [2.45, 2.75) is 63.8 Å². The number of amides is 1. The summed E-state index contributed by atoms with van der Waals surface area (Å²) >= 11 is 0. The predicted octanol–water partition coefficient (Wildman–Crippen LogP) is 2.61. The summed E-state index contributed by atoms with van der Waals surface area (Å²) in [5.41, 5.74) is 0.430. The quantitative estimate of drug-likeness (QED) is 0.714. The van der Waals surface area contributed by atoms with E-state index in [-0.39, 0.29) is 10.8 Å². The van der Waals surface area contributed by atoms with Gasteiger partial charge in [-0.3, -0.25) is 4.79 Å². The minimum atomic E-state index is -3.51. The van der Waals surface area contributed by atoms with Gasteiger partial charge in [0.05, 0.1) is 4.90 Å². The van der Waals surface area contributed by atoms with Crippen LogP contribution in [0, 0.1) is 0 Å². The Labute approximate surface area is 139 Å². The van der Waals surface area contributed by atoms with Gasteiger partial charge in [-0.05, 0) is 51.3 Å². The molecule has 0 bridgehead atoms. The molecule has 130 valence electrons. The Bertz CT molecular complexity index is 602. The van der Waals surface area contributed by atoms with Crippen LogP contribution in [-0.4, -0.2) is 26.4 Å². The SMILES string of the molecule is CCCCNC(=O)CCc1ccc(S(=O)(=O)NC(C)(C)C)cc1. The molecule has 0 unspecified atom stereocenters. The van der Waals surface area contributed by atoms with Gasteiger partial charge >= 0.3 is 0 Å². The fourth-order valence-electron chi connectivity index (χ4n) is 2.05. The number of aryl methyl sites for hydroxylation is 1. The van der Waals surface area contributed by atoms with E-state index in [2.05, 4.69) is 17.0 Å². The molecular formula is C17H28N2O3S. The number of unbranched alkanes of at least 4 members (excludes halogenated alkanes) is 1. The van der Waals surface area contributed by atoms with Crippen LogP contribution in [0.4, 0.5) is 0 Å². The third kappa shape index (κ3) is 7.61. The van der Waals surface area contributed by atoms with Crippen LogP contribution in [0.2, 0.25) is 0 Å². The maximum Gasteiger partial charge on any atom is 0.241 e. The van der Waals surface area contributed by atoms with Crippen LogP contribution in [-0.2, 0) is 21.2 Å². The minimum Gasteiger partial charge on any atom is -0.356 e. The molecule has 0 radical (unpaired) electrons. The molecule has 1 amide bonds. The highest BCUT2D eigenvalue weighted by Gasteiger charge is 2.21. The first kappa shape index (κ1) is 19.6. The number of hydrogen-bond acceptors (Lipinski definition) is 3. The van der Waals surface area contributed by atoms with Gasteiger partial charge in [0.1, 0.15) is 0 Å². The van der Waals surface area contributed by atoms with Gasteiger partial charge in [-0.25, -0.2) is 13.1 Å². The summed E-state index contributed by atoms with van der Waals surface area (Å²) in [5.74, 6) is 0.0320. The molecule has 1 rings (SSSR count). The molecule has 2 N–H and O–H groups in total. The summed E-state index contributed by atoms with van der Waals surface area (Å²) in [6.07, 6.45) is 3.05. The summed E-state index contributed by atoms with van der Waals surface area (Å²) in [5, 5.41) is 2.87. The zero-order valence-electron chi connectivity index (χ0n) is 14.5. The Hall–Kier alpha value is -1.40. The fourth-order valence-corrected chi connectivity index (χ4v) is 3.47. The van der Waals surface area contributed by atoms with E-state index < -0.39 is 15.6 Å². The molecule has 0 spiro atoms. The maximum absolute atomic E-state index is 12.2. The Morgan fingerprint density at radius 1 is 1.13 bits per heavy atom. The Morgan fingerprint density at radius 3 is 2.26 bits per heavy atom. The van der Waals surface area contributed by atoms with Crippen molar-refractivity contribution < 1.29 is 13.2 Å². The first-order chi connectivity index (χ1) is 10.6. The second kappa shape index (κ2) is 8.45. The molecule has 0 fully saturated rings. The van der Waals surface area contributed by atoms with E-state index in [4.69, 9.17) is 0 Å². The highest BCUT2D eigenvalue weighted by molar-refractivity contribution is 7.89. The third-order valence-electron chi connectivity index (χ3n) is 3.17. The van der Waals surface area contributed by atoms with E-state index in [1.165, 1.54) is 0 Å². The molecule has 1 aromatic carbocycles. The Balaban J connectivity index is 2.58. The van der Waals surface area contributed by atoms with Crippen LogP contribution in [0.25, 0.3) is 0 Å². The average molecular weight is 340 g/mol. The molecule has 1 aromatic rings. The molecule has 0 aliphatic carbocycles. The first-order valence-electron chi connectivity index (χ1n) is 8.03. The van der Waals surface area contributed by atoms with Crippen molar-refractivity contribution in [2.24, 2.45) is 0 Å². The van der Waals surface area contributed by atoms with Crippen molar-refractivity contribution >= 4 is 15.9 Å². The molecule has 0 saturated carbocycles. The average Bonchev–Trinajstić information content (AvgIpc) is 2.43. The summed E-state index contributed by atoms with van der Waals surface area (Å²) in [6.45, 7) is 8.20. The summed E-state index contributed by atoms with van der Waals surface area (Å²) in [7, 11) is -3.51. The topological polar surface area (TPSA) is 75.3 Å². The molecule has 0 aromatic heterocycles. The zero-order valence-corrected chi connectivity index (χ0v) is 15.3. The van der Waals surface area contributed by atoms with Gasteiger partial charge in [0.15, 0.2) is 0 Å². The van der Waals surface area contributed by atoms with Crippen LogP contribution in [0.3, 0.4) is 0 Å². The van der Waals surface area contributed by atoms with Crippen molar-refractivity contribution in [3.05, 3.63) is 29.8 Å². The lowest BCUT2D eigenvalue weighted by Crippen LogP contribution is -2.40. The second-order valence-electron chi connectivity index (χ2n) is 6.70. The van der Waals surface area contributed by atoms with Crippen molar-refractivity contribution in [1.82, 2.24) is 10.0 Å². The van der Waals surface area contributed by atoms with Gasteiger partial charge in [-0.1, -0.05) is 25.5 Å². The van der Waals surface area contributed by atoms with Crippen LogP contribution < -0.4 is 10.0 Å². The van der Waals surface area contributed by atoms with Crippen molar-refractivity contribution in [3.63, 3.8) is 0 Å². The van der Waals surface area contributed by atoms with Gasteiger partial charge in [-0.2, -0.15) is 0 Å². The lowest BCUT2D eigenvalue weighted by atomic mass is 10.1. The summed E-state index contributed by atoms with van der Waals surface area (Å²) < 4.78 is 27.0. The van der Waals surface area contributed by atoms with Crippen LogP contribution in [0.5, 0.6) is 0 Å². The van der Waals surface area contributed by atoms with Gasteiger partial charge < -0.3 is 5.32 Å². The van der Waals surface area contributed by atoms with Crippen molar-refractivity contribution in [1.29, 1.82) is 0 Å². The van der Waals surface area contributed by atoms with E-state index in [0.717, 1.165) is 18.4 Å². The summed E-state index contributed by atoms with van der Waals surface area (Å²) in [6, 6.07) is 6.68. The lowest BCUT2D eigenvalue weighted by Gasteiger charge is -2.20. The standard InChI is InChI=1S/C17H28N2O3S/c1-5-6-13-18-16(20)12-9-14-7-10-15(11-8-14)23(21,22)19-17(2,3)4/h7-8,10-11,19H,5-6,9,12-13H2,1-4H3,(H,18,20). The Morgan fingerprint density at radius 2 is 1.74 bits per heavy atom. The van der Waals surface area contributed by atoms with Crippen LogP contribution >= 0.6 is 0 Å². The summed E-state index contributed by atoms with van der Waals surface area (Å²) in [4.78, 5) is 11.9. The number of carbonyl (C=O) groups is 1. The minimum absolute atomic E-state index is 0.0320. The lowest BCUT2D eigenvalue weighted by molar-refractivity contribution is -0.121. The largest absolute Gasteiger partial charge is 0.356 e. The normalized spacial score (nSPS) is 12.2. The van der Waals surface area contributed by atoms with E-state index in [9.17, 15) is 13.2 Å². The molecule has 6 heteroatoms. The number of sulfonamides is 1. The zero-order chi connectivity index (χ0) is 17.5. The number of carbonyl (C=O) groups excluding carboxylic acids is 1. The van der Waals surface area contributed by atoms with Crippen LogP contribution in [0.15, 0.2) is 29.2 Å². The van der Waals surface area contributed by atoms with E-state index in [1.54, 1.807) is 45.0 Å². The molecular weight excluding hydrogens is 312 g/mol. The molecule has 0 atom stereocenters. The molecule has 0 aliphatic rings. The number of rotatable bonds is 8. The van der Waals surface area contributed by atoms with Crippen molar-refractivity contribution in [2.75, 3.05) is 6.54 Å². The molecule has 0 saturated heterocycles. The number of benzene rings is 1. The van der Waals surface area contributed by atoms with Gasteiger partial charge in [-0.15, -0.1) is 0 Å². The Kier molecular flexibility index (Phi) is 7.22. The molecule has 0 aliphatic heterocycles. The van der Waals surface area contributed by atoms with E-state index in [1.807, 2.05) is 0 Å². The van der Waals surface area contributed by atoms with E-state index >= 15 is 0 Å². The second-order valence-corrected chi connectivity index (χ2v) is 8.39.